The van der Waals surface area contributed by atoms with Crippen molar-refractivity contribution < 1.29 is 23.1 Å². The van der Waals surface area contributed by atoms with Crippen LogP contribution in [-0.4, -0.2) is 36.7 Å². The molecule has 1 atom stereocenters. The molecule has 0 saturated carbocycles. The van der Waals surface area contributed by atoms with Crippen molar-refractivity contribution in [3.8, 4) is 0 Å². The maximum absolute atomic E-state index is 11.8. The Kier molecular flexibility index (Phi) is 5.31. The van der Waals surface area contributed by atoms with Crippen LogP contribution in [0.1, 0.15) is 31.1 Å². The molecule has 0 bridgehead atoms. The largest absolute Gasteiger partial charge is 0.480 e. The first-order chi connectivity index (χ1) is 9.63. The van der Waals surface area contributed by atoms with Crippen molar-refractivity contribution in [3.05, 3.63) is 29.8 Å². The number of rotatable bonds is 6. The van der Waals surface area contributed by atoms with Gasteiger partial charge in [-0.2, -0.15) is 0 Å². The highest BCUT2D eigenvalue weighted by Crippen LogP contribution is 2.14. The first kappa shape index (κ1) is 17.0. The number of sulfonamides is 1. The number of benzene rings is 1. The fourth-order valence-electron chi connectivity index (χ4n) is 1.45. The smallest absolute Gasteiger partial charge is 0.323 e. The Morgan fingerprint density at radius 1 is 1.19 bits per heavy atom. The minimum atomic E-state index is -4.06. The molecule has 1 amide bonds. The Hall–Kier alpha value is -2.09. The normalized spacial score (nSPS) is 12.8. The number of carbonyl (C=O) groups is 2. The number of anilines is 1. The van der Waals surface area contributed by atoms with E-state index in [0.29, 0.717) is 0 Å². The lowest BCUT2D eigenvalue weighted by Gasteiger charge is -2.13. The van der Waals surface area contributed by atoms with Crippen LogP contribution in [0, 0.1) is 0 Å². The van der Waals surface area contributed by atoms with E-state index in [0.717, 1.165) is 6.92 Å². The topological polar surface area (TPSA) is 113 Å². The van der Waals surface area contributed by atoms with Gasteiger partial charge in [0.2, 0.25) is 10.0 Å². The molecule has 1 rings (SSSR count). The SMILES string of the molecule is CC(C)NC(=O)c1cccc(NS(=O)(=O)C(C)C(=O)O)c1. The third-order valence-corrected chi connectivity index (χ3v) is 4.27. The fourth-order valence-corrected chi connectivity index (χ4v) is 2.35. The fraction of sp³-hybridized carbons (Fsp3) is 0.385. The highest BCUT2D eigenvalue weighted by atomic mass is 32.2. The lowest BCUT2D eigenvalue weighted by molar-refractivity contribution is -0.136. The van der Waals surface area contributed by atoms with Gasteiger partial charge < -0.3 is 10.4 Å². The molecule has 116 valence electrons. The van der Waals surface area contributed by atoms with E-state index in [1.807, 2.05) is 0 Å². The van der Waals surface area contributed by atoms with Crippen LogP contribution in [0.4, 0.5) is 5.69 Å². The van der Waals surface area contributed by atoms with Gasteiger partial charge >= 0.3 is 5.97 Å². The van der Waals surface area contributed by atoms with Crippen molar-refractivity contribution >= 4 is 27.6 Å². The minimum Gasteiger partial charge on any atom is -0.480 e. The second kappa shape index (κ2) is 6.57. The summed E-state index contributed by atoms with van der Waals surface area (Å²) in [6, 6.07) is 5.79. The van der Waals surface area contributed by atoms with Gasteiger partial charge in [-0.05, 0) is 39.0 Å². The van der Waals surface area contributed by atoms with Crippen LogP contribution in [0.15, 0.2) is 24.3 Å². The molecule has 1 aromatic rings. The predicted molar refractivity (Wildman–Crippen MR) is 78.7 cm³/mol. The Morgan fingerprint density at radius 2 is 1.81 bits per heavy atom. The van der Waals surface area contributed by atoms with E-state index in [9.17, 15) is 18.0 Å². The average Bonchev–Trinajstić information content (AvgIpc) is 2.36. The zero-order valence-corrected chi connectivity index (χ0v) is 12.8. The van der Waals surface area contributed by atoms with E-state index in [1.165, 1.54) is 24.3 Å². The molecule has 1 unspecified atom stereocenters. The average molecular weight is 314 g/mol. The third-order valence-electron chi connectivity index (χ3n) is 2.62. The second-order valence-electron chi connectivity index (χ2n) is 4.84. The van der Waals surface area contributed by atoms with Gasteiger partial charge in [0.05, 0.1) is 0 Å². The van der Waals surface area contributed by atoms with E-state index in [2.05, 4.69) is 10.0 Å². The standard InChI is InChI=1S/C13H18N2O5S/c1-8(2)14-12(16)10-5-4-6-11(7-10)15-21(19,20)9(3)13(17)18/h4-9,15H,1-3H3,(H,14,16)(H,17,18). The molecule has 0 saturated heterocycles. The molecule has 21 heavy (non-hydrogen) atoms. The van der Waals surface area contributed by atoms with Gasteiger partial charge in [0.1, 0.15) is 0 Å². The highest BCUT2D eigenvalue weighted by Gasteiger charge is 2.27. The van der Waals surface area contributed by atoms with Gasteiger partial charge in [-0.25, -0.2) is 8.42 Å². The molecule has 0 aliphatic carbocycles. The Balaban J connectivity index is 2.96. The summed E-state index contributed by atoms with van der Waals surface area (Å²) in [4.78, 5) is 22.6. The molecule has 0 aliphatic heterocycles. The van der Waals surface area contributed by atoms with E-state index in [1.54, 1.807) is 13.8 Å². The monoisotopic (exact) mass is 314 g/mol. The molecular weight excluding hydrogens is 296 g/mol. The van der Waals surface area contributed by atoms with Gasteiger partial charge in [-0.3, -0.25) is 14.3 Å². The van der Waals surface area contributed by atoms with Gasteiger partial charge in [-0.1, -0.05) is 6.07 Å². The van der Waals surface area contributed by atoms with Crippen molar-refractivity contribution in [1.82, 2.24) is 5.32 Å². The maximum atomic E-state index is 11.8. The maximum Gasteiger partial charge on any atom is 0.323 e. The molecule has 7 nitrogen and oxygen atoms in total. The number of hydrogen-bond acceptors (Lipinski definition) is 4. The number of aliphatic carboxylic acids is 1. The van der Waals surface area contributed by atoms with E-state index < -0.39 is 21.2 Å². The molecule has 0 fully saturated rings. The Morgan fingerprint density at radius 3 is 2.33 bits per heavy atom. The van der Waals surface area contributed by atoms with Crippen molar-refractivity contribution in [2.75, 3.05) is 4.72 Å². The summed E-state index contributed by atoms with van der Waals surface area (Å²) in [7, 11) is -4.06. The van der Waals surface area contributed by atoms with Crippen LogP contribution >= 0.6 is 0 Å². The number of carboxylic acid groups (broad SMARTS) is 1. The molecule has 8 heteroatoms. The van der Waals surface area contributed by atoms with Crippen molar-refractivity contribution in [3.63, 3.8) is 0 Å². The number of hydrogen-bond donors (Lipinski definition) is 3. The van der Waals surface area contributed by atoms with Crippen LogP contribution in [0.5, 0.6) is 0 Å². The molecule has 3 N–H and O–H groups in total. The van der Waals surface area contributed by atoms with Crippen LogP contribution in [0.25, 0.3) is 0 Å². The first-order valence-corrected chi connectivity index (χ1v) is 7.83. The quantitative estimate of drug-likeness (QED) is 0.726. The van der Waals surface area contributed by atoms with E-state index >= 15 is 0 Å². The minimum absolute atomic E-state index is 0.0510. The molecule has 0 aromatic heterocycles. The zero-order valence-electron chi connectivity index (χ0n) is 12.0. The summed E-state index contributed by atoms with van der Waals surface area (Å²) < 4.78 is 25.8. The number of carbonyl (C=O) groups excluding carboxylic acids is 1. The molecule has 0 radical (unpaired) electrons. The summed E-state index contributed by atoms with van der Waals surface area (Å²) in [5.41, 5.74) is 0.423. The van der Waals surface area contributed by atoms with Crippen LogP contribution in [0.2, 0.25) is 0 Å². The number of nitrogens with one attached hydrogen (secondary N) is 2. The molecule has 0 heterocycles. The summed E-state index contributed by atoms with van der Waals surface area (Å²) >= 11 is 0. The zero-order chi connectivity index (χ0) is 16.2. The summed E-state index contributed by atoms with van der Waals surface area (Å²) in [5.74, 6) is -1.78. The summed E-state index contributed by atoms with van der Waals surface area (Å²) in [5, 5.41) is 9.84. The third kappa shape index (κ3) is 4.75. The van der Waals surface area contributed by atoms with E-state index in [4.69, 9.17) is 5.11 Å². The second-order valence-corrected chi connectivity index (χ2v) is 6.84. The van der Waals surface area contributed by atoms with Crippen LogP contribution in [-0.2, 0) is 14.8 Å². The molecule has 0 aliphatic rings. The van der Waals surface area contributed by atoms with Crippen molar-refractivity contribution in [1.29, 1.82) is 0 Å². The van der Waals surface area contributed by atoms with E-state index in [-0.39, 0.29) is 23.2 Å². The Labute approximate surface area is 123 Å². The van der Waals surface area contributed by atoms with Gasteiger partial charge in [-0.15, -0.1) is 0 Å². The predicted octanol–water partition coefficient (Wildman–Crippen LogP) is 1.04. The molecular formula is C13H18N2O5S. The lowest BCUT2D eigenvalue weighted by Crippen LogP contribution is -2.32. The van der Waals surface area contributed by atoms with Gasteiger partial charge in [0, 0.05) is 17.3 Å². The Bertz CT molecular complexity index is 640. The van der Waals surface area contributed by atoms with Crippen molar-refractivity contribution in [2.24, 2.45) is 0 Å². The number of carboxylic acids is 1. The first-order valence-electron chi connectivity index (χ1n) is 6.29. The highest BCUT2D eigenvalue weighted by molar-refractivity contribution is 7.94. The summed E-state index contributed by atoms with van der Waals surface area (Å²) in [6.07, 6.45) is 0. The van der Waals surface area contributed by atoms with Crippen LogP contribution in [0.3, 0.4) is 0 Å². The van der Waals surface area contributed by atoms with Gasteiger partial charge in [0.25, 0.3) is 5.91 Å². The van der Waals surface area contributed by atoms with Crippen molar-refractivity contribution in [2.45, 2.75) is 32.1 Å². The lowest BCUT2D eigenvalue weighted by atomic mass is 10.2. The number of amides is 1. The molecule has 0 spiro atoms. The molecule has 1 aromatic carbocycles. The van der Waals surface area contributed by atoms with Crippen LogP contribution < -0.4 is 10.0 Å². The van der Waals surface area contributed by atoms with Gasteiger partial charge in [0.15, 0.2) is 5.25 Å². The summed E-state index contributed by atoms with van der Waals surface area (Å²) in [6.45, 7) is 4.68.